The van der Waals surface area contributed by atoms with Gasteiger partial charge < -0.3 is 14.2 Å². The van der Waals surface area contributed by atoms with E-state index >= 15 is 0 Å². The Labute approximate surface area is 136 Å². The number of nitrogens with zero attached hydrogens (tertiary/aromatic N) is 3. The smallest absolute Gasteiger partial charge is 0.325 e. The van der Waals surface area contributed by atoms with Gasteiger partial charge in [0.15, 0.2) is 0 Å². The van der Waals surface area contributed by atoms with E-state index in [0.29, 0.717) is 24.4 Å². The van der Waals surface area contributed by atoms with E-state index in [1.54, 1.807) is 7.11 Å². The van der Waals surface area contributed by atoms with Crippen molar-refractivity contribution in [1.29, 1.82) is 0 Å². The van der Waals surface area contributed by atoms with Gasteiger partial charge in [-0.2, -0.15) is 4.98 Å². The molecular formula is C18H21N3O2. The van der Waals surface area contributed by atoms with Crippen LogP contribution in [0, 0.1) is 12.3 Å². The first-order valence-corrected chi connectivity index (χ1v) is 8.00. The molecule has 0 saturated heterocycles. The molecule has 1 saturated carbocycles. The number of ether oxygens (including phenoxy) is 1. The van der Waals surface area contributed by atoms with E-state index in [9.17, 15) is 0 Å². The Morgan fingerprint density at radius 1 is 1.26 bits per heavy atom. The van der Waals surface area contributed by atoms with Gasteiger partial charge in [0.1, 0.15) is 5.75 Å². The van der Waals surface area contributed by atoms with E-state index in [4.69, 9.17) is 15.7 Å². The molecule has 1 aromatic carbocycles. The lowest BCUT2D eigenvalue weighted by molar-refractivity contribution is 0.369. The molecule has 120 valence electrons. The molecule has 0 radical (unpaired) electrons. The standard InChI is InChI=1S/C18H21N3O2/c1-3-13-21(15-7-5-4-6-8-15)18-19-17(20-23-18)14-9-11-16(22-2)12-10-14/h1,9-12,15H,4-8,13H2,2H3. The zero-order valence-electron chi connectivity index (χ0n) is 13.4. The molecule has 0 atom stereocenters. The van der Waals surface area contributed by atoms with Crippen molar-refractivity contribution in [3.8, 4) is 29.5 Å². The molecule has 0 bridgehead atoms. The number of benzene rings is 1. The largest absolute Gasteiger partial charge is 0.497 e. The molecule has 3 rings (SSSR count). The van der Waals surface area contributed by atoms with Gasteiger partial charge in [0.25, 0.3) is 0 Å². The highest BCUT2D eigenvalue weighted by atomic mass is 16.5. The quantitative estimate of drug-likeness (QED) is 0.791. The number of rotatable bonds is 5. The molecule has 5 nitrogen and oxygen atoms in total. The van der Waals surface area contributed by atoms with Crippen LogP contribution in [0.15, 0.2) is 28.8 Å². The maximum atomic E-state index is 5.53. The summed E-state index contributed by atoms with van der Waals surface area (Å²) in [5.74, 6) is 4.08. The van der Waals surface area contributed by atoms with Crippen LogP contribution >= 0.6 is 0 Å². The number of terminal acetylenes is 1. The van der Waals surface area contributed by atoms with Crippen molar-refractivity contribution < 1.29 is 9.26 Å². The second-order valence-electron chi connectivity index (χ2n) is 5.75. The van der Waals surface area contributed by atoms with Gasteiger partial charge in [-0.25, -0.2) is 0 Å². The Hall–Kier alpha value is -2.48. The fourth-order valence-electron chi connectivity index (χ4n) is 3.03. The normalized spacial score (nSPS) is 15.1. The topological polar surface area (TPSA) is 51.4 Å². The lowest BCUT2D eigenvalue weighted by Gasteiger charge is -2.31. The number of hydrogen-bond donors (Lipinski definition) is 0. The van der Waals surface area contributed by atoms with E-state index < -0.39 is 0 Å². The van der Waals surface area contributed by atoms with E-state index in [-0.39, 0.29) is 0 Å². The van der Waals surface area contributed by atoms with Crippen LogP contribution in [0.4, 0.5) is 6.01 Å². The predicted molar refractivity (Wildman–Crippen MR) is 89.3 cm³/mol. The van der Waals surface area contributed by atoms with Crippen LogP contribution in [-0.2, 0) is 0 Å². The van der Waals surface area contributed by atoms with E-state index in [1.165, 1.54) is 19.3 Å². The highest BCUT2D eigenvalue weighted by molar-refractivity contribution is 5.57. The molecule has 23 heavy (non-hydrogen) atoms. The zero-order valence-corrected chi connectivity index (χ0v) is 13.4. The van der Waals surface area contributed by atoms with E-state index in [2.05, 4.69) is 21.0 Å². The molecule has 2 aromatic rings. The molecule has 0 N–H and O–H groups in total. The number of aromatic nitrogens is 2. The van der Waals surface area contributed by atoms with Gasteiger partial charge in [-0.3, -0.25) is 0 Å². The Morgan fingerprint density at radius 2 is 2.00 bits per heavy atom. The number of methoxy groups -OCH3 is 1. The summed E-state index contributed by atoms with van der Waals surface area (Å²) >= 11 is 0. The van der Waals surface area contributed by atoms with Crippen LogP contribution in [0.3, 0.4) is 0 Å². The summed E-state index contributed by atoms with van der Waals surface area (Å²) in [6.45, 7) is 0.495. The monoisotopic (exact) mass is 311 g/mol. The minimum Gasteiger partial charge on any atom is -0.497 e. The minimum atomic E-state index is 0.393. The first kappa shape index (κ1) is 15.4. The van der Waals surface area contributed by atoms with Crippen LogP contribution in [0.2, 0.25) is 0 Å². The SMILES string of the molecule is C#CCN(c1nc(-c2ccc(OC)cc2)no1)C1CCCCC1. The van der Waals surface area contributed by atoms with Gasteiger partial charge in [-0.15, -0.1) is 6.42 Å². The predicted octanol–water partition coefficient (Wildman–Crippen LogP) is 3.52. The molecule has 1 aliphatic carbocycles. The van der Waals surface area contributed by atoms with Crippen LogP contribution in [0.5, 0.6) is 5.75 Å². The van der Waals surface area contributed by atoms with Crippen molar-refractivity contribution in [1.82, 2.24) is 10.1 Å². The molecule has 0 aliphatic heterocycles. The third kappa shape index (κ3) is 3.48. The third-order valence-corrected chi connectivity index (χ3v) is 4.29. The summed E-state index contributed by atoms with van der Waals surface area (Å²) in [6, 6.07) is 8.50. The van der Waals surface area contributed by atoms with Gasteiger partial charge >= 0.3 is 6.01 Å². The highest BCUT2D eigenvalue weighted by Gasteiger charge is 2.25. The molecule has 1 aromatic heterocycles. The Morgan fingerprint density at radius 3 is 2.65 bits per heavy atom. The van der Waals surface area contributed by atoms with Crippen LogP contribution in [0.25, 0.3) is 11.4 Å². The van der Waals surface area contributed by atoms with E-state index in [1.807, 2.05) is 24.3 Å². The zero-order chi connectivity index (χ0) is 16.1. The molecule has 1 aliphatic rings. The minimum absolute atomic E-state index is 0.393. The maximum absolute atomic E-state index is 5.53. The molecule has 0 spiro atoms. The fourth-order valence-corrected chi connectivity index (χ4v) is 3.03. The van der Waals surface area contributed by atoms with Crippen molar-refractivity contribution in [2.45, 2.75) is 38.1 Å². The average molecular weight is 311 g/mol. The van der Waals surface area contributed by atoms with Gasteiger partial charge in [0.05, 0.1) is 13.7 Å². The first-order valence-electron chi connectivity index (χ1n) is 8.00. The molecule has 0 unspecified atom stereocenters. The summed E-state index contributed by atoms with van der Waals surface area (Å²) in [6.07, 6.45) is 11.5. The molecule has 1 fully saturated rings. The van der Waals surface area contributed by atoms with Crippen molar-refractivity contribution in [2.24, 2.45) is 0 Å². The van der Waals surface area contributed by atoms with Gasteiger partial charge in [-0.1, -0.05) is 30.3 Å². The molecule has 5 heteroatoms. The summed E-state index contributed by atoms with van der Waals surface area (Å²) in [4.78, 5) is 6.61. The van der Waals surface area contributed by atoms with Crippen molar-refractivity contribution in [3.05, 3.63) is 24.3 Å². The number of anilines is 1. The summed E-state index contributed by atoms with van der Waals surface area (Å²) in [5.41, 5.74) is 0.894. The molecule has 1 heterocycles. The van der Waals surface area contributed by atoms with Crippen molar-refractivity contribution in [3.63, 3.8) is 0 Å². The first-order chi connectivity index (χ1) is 11.3. The third-order valence-electron chi connectivity index (χ3n) is 4.29. The lowest BCUT2D eigenvalue weighted by atomic mass is 9.94. The lowest BCUT2D eigenvalue weighted by Crippen LogP contribution is -2.37. The van der Waals surface area contributed by atoms with E-state index in [0.717, 1.165) is 24.2 Å². The fraction of sp³-hybridized carbons (Fsp3) is 0.444. The number of hydrogen-bond acceptors (Lipinski definition) is 5. The summed E-state index contributed by atoms with van der Waals surface area (Å²) < 4.78 is 10.6. The maximum Gasteiger partial charge on any atom is 0.325 e. The molecular weight excluding hydrogens is 290 g/mol. The summed E-state index contributed by atoms with van der Waals surface area (Å²) in [7, 11) is 1.64. The summed E-state index contributed by atoms with van der Waals surface area (Å²) in [5, 5.41) is 4.10. The van der Waals surface area contributed by atoms with Crippen molar-refractivity contribution in [2.75, 3.05) is 18.6 Å². The highest BCUT2D eigenvalue weighted by Crippen LogP contribution is 2.28. The Kier molecular flexibility index (Phi) is 4.82. The van der Waals surface area contributed by atoms with Gasteiger partial charge in [0.2, 0.25) is 5.82 Å². The Balaban J connectivity index is 1.81. The van der Waals surface area contributed by atoms with Crippen LogP contribution in [-0.4, -0.2) is 29.8 Å². The Bertz CT molecular complexity index is 666. The average Bonchev–Trinajstić information content (AvgIpc) is 3.10. The van der Waals surface area contributed by atoms with Crippen molar-refractivity contribution >= 4 is 6.01 Å². The van der Waals surface area contributed by atoms with Gasteiger partial charge in [0, 0.05) is 11.6 Å². The molecule has 0 amide bonds. The van der Waals surface area contributed by atoms with Crippen LogP contribution in [0.1, 0.15) is 32.1 Å². The second-order valence-corrected chi connectivity index (χ2v) is 5.75. The van der Waals surface area contributed by atoms with Crippen LogP contribution < -0.4 is 9.64 Å². The van der Waals surface area contributed by atoms with Gasteiger partial charge in [-0.05, 0) is 37.1 Å². The second kappa shape index (κ2) is 7.19.